The quantitative estimate of drug-likeness (QED) is 0.792. The fraction of sp³-hybridized carbons (Fsp3) is 1.00. The summed E-state index contributed by atoms with van der Waals surface area (Å²) in [5, 5.41) is 14.0. The van der Waals surface area contributed by atoms with E-state index in [1.165, 1.54) is 32.1 Å². The van der Waals surface area contributed by atoms with E-state index >= 15 is 0 Å². The van der Waals surface area contributed by atoms with Crippen molar-refractivity contribution < 1.29 is 9.84 Å². The zero-order valence-electron chi connectivity index (χ0n) is 11.8. The molecule has 1 aliphatic heterocycles. The predicted octanol–water partition coefficient (Wildman–Crippen LogP) is 2.33. The molecule has 18 heavy (non-hydrogen) atoms. The van der Waals surface area contributed by atoms with Crippen LogP contribution >= 0.6 is 0 Å². The topological polar surface area (TPSA) is 41.5 Å². The van der Waals surface area contributed by atoms with Crippen LogP contribution in [-0.4, -0.2) is 37.0 Å². The lowest BCUT2D eigenvalue weighted by Gasteiger charge is -2.36. The molecule has 1 atom stereocenters. The van der Waals surface area contributed by atoms with E-state index in [-0.39, 0.29) is 0 Å². The van der Waals surface area contributed by atoms with E-state index in [1.54, 1.807) is 0 Å². The summed E-state index contributed by atoms with van der Waals surface area (Å²) in [6, 6.07) is 0. The van der Waals surface area contributed by atoms with E-state index in [0.29, 0.717) is 5.92 Å². The number of aliphatic hydroxyl groups is 1. The second-order valence-electron chi connectivity index (χ2n) is 6.29. The van der Waals surface area contributed by atoms with Gasteiger partial charge in [0.15, 0.2) is 0 Å². The molecule has 0 bridgehead atoms. The second kappa shape index (κ2) is 6.88. The number of nitrogens with one attached hydrogen (secondary N) is 1. The first-order valence-electron chi connectivity index (χ1n) is 7.73. The smallest absolute Gasteiger partial charge is 0.0771 e. The molecule has 1 saturated heterocycles. The molecule has 2 fully saturated rings. The molecule has 3 nitrogen and oxygen atoms in total. The van der Waals surface area contributed by atoms with Gasteiger partial charge in [0, 0.05) is 19.7 Å². The fourth-order valence-corrected chi connectivity index (χ4v) is 3.28. The Morgan fingerprint density at radius 2 is 2.00 bits per heavy atom. The first-order chi connectivity index (χ1) is 8.72. The summed E-state index contributed by atoms with van der Waals surface area (Å²) in [4.78, 5) is 0. The molecule has 1 saturated carbocycles. The minimum Gasteiger partial charge on any atom is -0.389 e. The Balaban J connectivity index is 1.63. The second-order valence-corrected chi connectivity index (χ2v) is 6.29. The van der Waals surface area contributed by atoms with Crippen LogP contribution in [0.25, 0.3) is 0 Å². The molecular formula is C15H29NO2. The molecule has 3 heteroatoms. The van der Waals surface area contributed by atoms with Crippen molar-refractivity contribution >= 4 is 0 Å². The summed E-state index contributed by atoms with van der Waals surface area (Å²) < 4.78 is 5.48. The van der Waals surface area contributed by atoms with Crippen LogP contribution in [0.2, 0.25) is 0 Å². The van der Waals surface area contributed by atoms with Gasteiger partial charge in [0.2, 0.25) is 0 Å². The first-order valence-corrected chi connectivity index (χ1v) is 7.73. The van der Waals surface area contributed by atoms with Gasteiger partial charge >= 0.3 is 0 Å². The standard InChI is InChI=1S/C15H29NO2/c1-2-13-5-7-15(17,8-6-13)12-16-10-14-4-3-9-18-11-14/h13-14,16-17H,2-12H2,1H3. The average Bonchev–Trinajstić information content (AvgIpc) is 2.41. The van der Waals surface area contributed by atoms with Crippen molar-refractivity contribution in [3.63, 3.8) is 0 Å². The van der Waals surface area contributed by atoms with Crippen LogP contribution < -0.4 is 5.32 Å². The maximum absolute atomic E-state index is 10.5. The van der Waals surface area contributed by atoms with Crippen molar-refractivity contribution in [1.82, 2.24) is 5.32 Å². The summed E-state index contributed by atoms with van der Waals surface area (Å²) in [7, 11) is 0. The van der Waals surface area contributed by atoms with Crippen LogP contribution in [-0.2, 0) is 4.74 Å². The van der Waals surface area contributed by atoms with Crippen molar-refractivity contribution in [2.75, 3.05) is 26.3 Å². The van der Waals surface area contributed by atoms with Crippen LogP contribution in [0.1, 0.15) is 51.9 Å². The zero-order valence-corrected chi connectivity index (χ0v) is 11.8. The highest BCUT2D eigenvalue weighted by Crippen LogP contribution is 2.33. The van der Waals surface area contributed by atoms with Gasteiger partial charge in [0.25, 0.3) is 0 Å². The lowest BCUT2D eigenvalue weighted by molar-refractivity contribution is -0.0115. The molecule has 2 aliphatic rings. The molecular weight excluding hydrogens is 226 g/mol. The fourth-order valence-electron chi connectivity index (χ4n) is 3.28. The molecule has 0 aromatic heterocycles. The molecule has 0 aromatic carbocycles. The summed E-state index contributed by atoms with van der Waals surface area (Å²) in [6.07, 6.45) is 8.06. The van der Waals surface area contributed by atoms with Gasteiger partial charge in [-0.1, -0.05) is 13.3 Å². The molecule has 2 N–H and O–H groups in total. The zero-order chi connectivity index (χ0) is 12.8. The highest BCUT2D eigenvalue weighted by atomic mass is 16.5. The summed E-state index contributed by atoms with van der Waals surface area (Å²) in [6.45, 7) is 5.85. The Bertz CT molecular complexity index is 231. The van der Waals surface area contributed by atoms with Crippen molar-refractivity contribution in [2.24, 2.45) is 11.8 Å². The summed E-state index contributed by atoms with van der Waals surface area (Å²) in [5.74, 6) is 1.49. The van der Waals surface area contributed by atoms with Gasteiger partial charge in [0.1, 0.15) is 0 Å². The van der Waals surface area contributed by atoms with Gasteiger partial charge < -0.3 is 15.2 Å². The van der Waals surface area contributed by atoms with Crippen LogP contribution in [0.3, 0.4) is 0 Å². The minimum absolute atomic E-state index is 0.443. The van der Waals surface area contributed by atoms with Crippen molar-refractivity contribution in [2.45, 2.75) is 57.5 Å². The van der Waals surface area contributed by atoms with Crippen molar-refractivity contribution in [1.29, 1.82) is 0 Å². The number of ether oxygens (including phenoxy) is 1. The molecule has 1 heterocycles. The Morgan fingerprint density at radius 1 is 1.22 bits per heavy atom. The maximum atomic E-state index is 10.5. The third-order valence-electron chi connectivity index (χ3n) is 4.75. The van der Waals surface area contributed by atoms with Crippen molar-refractivity contribution in [3.05, 3.63) is 0 Å². The number of hydrogen-bond acceptors (Lipinski definition) is 3. The predicted molar refractivity (Wildman–Crippen MR) is 73.6 cm³/mol. The van der Waals surface area contributed by atoms with E-state index in [4.69, 9.17) is 4.74 Å². The molecule has 0 spiro atoms. The van der Waals surface area contributed by atoms with Crippen LogP contribution in [0.5, 0.6) is 0 Å². The van der Waals surface area contributed by atoms with E-state index in [0.717, 1.165) is 45.1 Å². The molecule has 1 unspecified atom stereocenters. The maximum Gasteiger partial charge on any atom is 0.0771 e. The van der Waals surface area contributed by atoms with Gasteiger partial charge in [-0.05, 0) is 50.4 Å². The largest absolute Gasteiger partial charge is 0.389 e. The lowest BCUT2D eigenvalue weighted by atomic mass is 9.78. The Labute approximate surface area is 111 Å². The highest BCUT2D eigenvalue weighted by molar-refractivity contribution is 4.87. The highest BCUT2D eigenvalue weighted by Gasteiger charge is 2.32. The van der Waals surface area contributed by atoms with E-state index < -0.39 is 5.60 Å². The van der Waals surface area contributed by atoms with Gasteiger partial charge in [-0.3, -0.25) is 0 Å². The number of rotatable bonds is 5. The van der Waals surface area contributed by atoms with E-state index in [9.17, 15) is 5.11 Å². The molecule has 1 aliphatic carbocycles. The van der Waals surface area contributed by atoms with Gasteiger partial charge in [0.05, 0.1) is 12.2 Å². The molecule has 2 rings (SSSR count). The van der Waals surface area contributed by atoms with Gasteiger partial charge in [-0.15, -0.1) is 0 Å². The van der Waals surface area contributed by atoms with Gasteiger partial charge in [-0.2, -0.15) is 0 Å². The van der Waals surface area contributed by atoms with Crippen molar-refractivity contribution in [3.8, 4) is 0 Å². The summed E-state index contributed by atoms with van der Waals surface area (Å²) in [5.41, 5.74) is -0.443. The van der Waals surface area contributed by atoms with Crippen LogP contribution in [0.4, 0.5) is 0 Å². The normalized spacial score (nSPS) is 37.7. The Morgan fingerprint density at radius 3 is 2.61 bits per heavy atom. The average molecular weight is 255 g/mol. The lowest BCUT2D eigenvalue weighted by Crippen LogP contribution is -2.45. The van der Waals surface area contributed by atoms with Crippen LogP contribution in [0, 0.1) is 11.8 Å². The van der Waals surface area contributed by atoms with Crippen LogP contribution in [0.15, 0.2) is 0 Å². The third kappa shape index (κ3) is 4.22. The first kappa shape index (κ1) is 14.3. The molecule has 106 valence electrons. The Hall–Kier alpha value is -0.120. The summed E-state index contributed by atoms with van der Waals surface area (Å²) >= 11 is 0. The SMILES string of the molecule is CCC1CCC(O)(CNCC2CCCOC2)CC1. The number of hydrogen-bond donors (Lipinski definition) is 2. The van der Waals surface area contributed by atoms with E-state index in [1.807, 2.05) is 0 Å². The minimum atomic E-state index is -0.443. The van der Waals surface area contributed by atoms with Gasteiger partial charge in [-0.25, -0.2) is 0 Å². The Kier molecular flexibility index (Phi) is 5.46. The molecule has 0 amide bonds. The monoisotopic (exact) mass is 255 g/mol. The molecule has 0 aromatic rings. The van der Waals surface area contributed by atoms with E-state index in [2.05, 4.69) is 12.2 Å². The molecule has 0 radical (unpaired) electrons. The third-order valence-corrected chi connectivity index (χ3v) is 4.75.